The van der Waals surface area contributed by atoms with Crippen LogP contribution >= 0.6 is 35.4 Å². The first kappa shape index (κ1) is 21.2. The normalized spacial score (nSPS) is 10.2. The summed E-state index contributed by atoms with van der Waals surface area (Å²) in [5.74, 6) is -0.445. The van der Waals surface area contributed by atoms with Gasteiger partial charge in [-0.15, -0.1) is 0 Å². The average molecular weight is 424 g/mol. The molecule has 0 atom stereocenters. The van der Waals surface area contributed by atoms with Crippen molar-refractivity contribution in [2.24, 2.45) is 0 Å². The molecular formula is C19H19Cl2N3O2S. The molecule has 0 spiro atoms. The van der Waals surface area contributed by atoms with Crippen molar-refractivity contribution >= 4 is 63.7 Å². The van der Waals surface area contributed by atoms with E-state index in [1.165, 1.54) is 6.07 Å². The average Bonchev–Trinajstić information content (AvgIpc) is 2.62. The van der Waals surface area contributed by atoms with Gasteiger partial charge in [0.15, 0.2) is 5.11 Å². The van der Waals surface area contributed by atoms with Crippen LogP contribution in [0.1, 0.15) is 36.5 Å². The first-order chi connectivity index (χ1) is 12.9. The van der Waals surface area contributed by atoms with E-state index in [0.29, 0.717) is 28.4 Å². The van der Waals surface area contributed by atoms with Gasteiger partial charge in [0.25, 0.3) is 5.91 Å². The number of hydrogen-bond donors (Lipinski definition) is 3. The van der Waals surface area contributed by atoms with Gasteiger partial charge in [-0.3, -0.25) is 14.9 Å². The van der Waals surface area contributed by atoms with Gasteiger partial charge in [-0.2, -0.15) is 0 Å². The first-order valence-corrected chi connectivity index (χ1v) is 9.52. The fourth-order valence-corrected chi connectivity index (χ4v) is 2.72. The maximum atomic E-state index is 12.2. The maximum Gasteiger partial charge on any atom is 0.257 e. The van der Waals surface area contributed by atoms with Crippen LogP contribution in [0.15, 0.2) is 42.5 Å². The predicted molar refractivity (Wildman–Crippen MR) is 115 cm³/mol. The number of carbonyl (C=O) groups excluding carboxylic acids is 2. The Morgan fingerprint density at radius 1 is 1.00 bits per heavy atom. The van der Waals surface area contributed by atoms with Crippen molar-refractivity contribution in [1.29, 1.82) is 0 Å². The van der Waals surface area contributed by atoms with Gasteiger partial charge >= 0.3 is 0 Å². The summed E-state index contributed by atoms with van der Waals surface area (Å²) in [6, 6.07) is 11.6. The largest absolute Gasteiger partial charge is 0.332 e. The van der Waals surface area contributed by atoms with Gasteiger partial charge in [0, 0.05) is 23.4 Å². The van der Waals surface area contributed by atoms with Crippen LogP contribution in [0.5, 0.6) is 0 Å². The van der Waals surface area contributed by atoms with Gasteiger partial charge < -0.3 is 10.6 Å². The second-order valence-corrected chi connectivity index (χ2v) is 6.99. The van der Waals surface area contributed by atoms with Crippen molar-refractivity contribution in [3.8, 4) is 0 Å². The number of halogens is 2. The van der Waals surface area contributed by atoms with Crippen LogP contribution in [0, 0.1) is 0 Å². The molecular weight excluding hydrogens is 405 g/mol. The third kappa shape index (κ3) is 6.82. The second kappa shape index (κ2) is 10.3. The van der Waals surface area contributed by atoms with E-state index in [-0.39, 0.29) is 16.0 Å². The van der Waals surface area contributed by atoms with Crippen molar-refractivity contribution in [3.05, 3.63) is 58.1 Å². The topological polar surface area (TPSA) is 70.2 Å². The molecule has 142 valence electrons. The fourth-order valence-electron chi connectivity index (χ4n) is 2.21. The molecule has 27 heavy (non-hydrogen) atoms. The molecule has 0 aliphatic carbocycles. The number of rotatable bonds is 6. The van der Waals surface area contributed by atoms with Gasteiger partial charge in [0.05, 0.1) is 10.0 Å². The lowest BCUT2D eigenvalue weighted by atomic mass is 10.2. The molecule has 5 nitrogen and oxygen atoms in total. The fraction of sp³-hybridized carbons (Fsp3) is 0.211. The SMILES string of the molecule is CCCCC(=O)Nc1cccc(NC(=S)NC(=O)c2ccc(Cl)c(Cl)c2)c1. The molecule has 2 rings (SSSR count). The third-order valence-electron chi connectivity index (χ3n) is 3.57. The second-order valence-electron chi connectivity index (χ2n) is 5.77. The van der Waals surface area contributed by atoms with Crippen LogP contribution < -0.4 is 16.0 Å². The number of benzene rings is 2. The van der Waals surface area contributed by atoms with Gasteiger partial charge in [0.1, 0.15) is 0 Å². The predicted octanol–water partition coefficient (Wildman–Crippen LogP) is 5.25. The van der Waals surface area contributed by atoms with E-state index in [2.05, 4.69) is 16.0 Å². The zero-order chi connectivity index (χ0) is 19.8. The smallest absolute Gasteiger partial charge is 0.257 e. The van der Waals surface area contributed by atoms with E-state index in [4.69, 9.17) is 35.4 Å². The number of amides is 2. The number of anilines is 2. The Morgan fingerprint density at radius 3 is 2.37 bits per heavy atom. The van der Waals surface area contributed by atoms with Crippen molar-refractivity contribution < 1.29 is 9.59 Å². The molecule has 0 aliphatic rings. The van der Waals surface area contributed by atoms with Crippen LogP contribution in [0.2, 0.25) is 10.0 Å². The highest BCUT2D eigenvalue weighted by Gasteiger charge is 2.10. The minimum Gasteiger partial charge on any atom is -0.332 e. The zero-order valence-electron chi connectivity index (χ0n) is 14.6. The van der Waals surface area contributed by atoms with Crippen molar-refractivity contribution in [2.45, 2.75) is 26.2 Å². The lowest BCUT2D eigenvalue weighted by molar-refractivity contribution is -0.116. The highest BCUT2D eigenvalue weighted by Crippen LogP contribution is 2.22. The highest BCUT2D eigenvalue weighted by molar-refractivity contribution is 7.80. The van der Waals surface area contributed by atoms with E-state index in [1.54, 1.807) is 36.4 Å². The monoisotopic (exact) mass is 423 g/mol. The van der Waals surface area contributed by atoms with Crippen LogP contribution in [0.4, 0.5) is 11.4 Å². The molecule has 0 bridgehead atoms. The Balaban J connectivity index is 1.95. The van der Waals surface area contributed by atoms with Crippen LogP contribution in [0.3, 0.4) is 0 Å². The Bertz CT molecular complexity index is 859. The molecule has 8 heteroatoms. The van der Waals surface area contributed by atoms with Gasteiger partial charge in [-0.1, -0.05) is 42.6 Å². The summed E-state index contributed by atoms with van der Waals surface area (Å²) in [4.78, 5) is 24.0. The third-order valence-corrected chi connectivity index (χ3v) is 4.51. The summed E-state index contributed by atoms with van der Waals surface area (Å²) in [7, 11) is 0. The molecule has 2 aromatic rings. The molecule has 0 radical (unpaired) electrons. The lowest BCUT2D eigenvalue weighted by Gasteiger charge is -2.11. The number of thiocarbonyl (C=S) groups is 1. The molecule has 0 aromatic heterocycles. The molecule has 0 aliphatic heterocycles. The van der Waals surface area contributed by atoms with Crippen LogP contribution in [0.25, 0.3) is 0 Å². The molecule has 2 amide bonds. The molecule has 0 fully saturated rings. The molecule has 0 heterocycles. The number of nitrogens with one attached hydrogen (secondary N) is 3. The van der Waals surface area contributed by atoms with E-state index in [1.807, 2.05) is 6.92 Å². The van der Waals surface area contributed by atoms with Crippen molar-refractivity contribution in [1.82, 2.24) is 5.32 Å². The minimum absolute atomic E-state index is 0.0375. The van der Waals surface area contributed by atoms with E-state index in [0.717, 1.165) is 12.8 Å². The highest BCUT2D eigenvalue weighted by atomic mass is 35.5. The van der Waals surface area contributed by atoms with Gasteiger partial charge in [-0.05, 0) is 55.0 Å². The van der Waals surface area contributed by atoms with Gasteiger partial charge in [0.2, 0.25) is 5.91 Å². The van der Waals surface area contributed by atoms with E-state index in [9.17, 15) is 9.59 Å². The molecule has 3 N–H and O–H groups in total. The quantitative estimate of drug-likeness (QED) is 0.554. The Morgan fingerprint density at radius 2 is 1.70 bits per heavy atom. The number of carbonyl (C=O) groups is 2. The first-order valence-electron chi connectivity index (χ1n) is 8.36. The minimum atomic E-state index is -0.407. The van der Waals surface area contributed by atoms with E-state index < -0.39 is 5.91 Å². The van der Waals surface area contributed by atoms with Crippen molar-refractivity contribution in [3.63, 3.8) is 0 Å². The summed E-state index contributed by atoms with van der Waals surface area (Å²) in [6.07, 6.45) is 2.28. The molecule has 0 saturated heterocycles. The molecule has 0 unspecified atom stereocenters. The van der Waals surface area contributed by atoms with Crippen LogP contribution in [-0.2, 0) is 4.79 Å². The van der Waals surface area contributed by atoms with E-state index >= 15 is 0 Å². The van der Waals surface area contributed by atoms with Crippen LogP contribution in [-0.4, -0.2) is 16.9 Å². The molecule has 2 aromatic carbocycles. The van der Waals surface area contributed by atoms with Crippen molar-refractivity contribution in [2.75, 3.05) is 10.6 Å². The Kier molecular flexibility index (Phi) is 8.03. The summed E-state index contributed by atoms with van der Waals surface area (Å²) in [5, 5.41) is 9.10. The lowest BCUT2D eigenvalue weighted by Crippen LogP contribution is -2.34. The maximum absolute atomic E-state index is 12.2. The number of unbranched alkanes of at least 4 members (excludes halogenated alkanes) is 1. The summed E-state index contributed by atoms with van der Waals surface area (Å²) >= 11 is 16.9. The Hall–Kier alpha value is -2.15. The molecule has 0 saturated carbocycles. The summed E-state index contributed by atoms with van der Waals surface area (Å²) in [6.45, 7) is 2.03. The summed E-state index contributed by atoms with van der Waals surface area (Å²) < 4.78 is 0. The number of hydrogen-bond acceptors (Lipinski definition) is 3. The van der Waals surface area contributed by atoms with Gasteiger partial charge in [-0.25, -0.2) is 0 Å². The standard InChI is InChI=1S/C19H19Cl2N3O2S/c1-2-3-7-17(25)22-13-5-4-6-14(11-13)23-19(27)24-18(26)12-8-9-15(20)16(21)10-12/h4-6,8-11H,2-3,7H2,1H3,(H,22,25)(H2,23,24,26,27). The summed E-state index contributed by atoms with van der Waals surface area (Å²) in [5.41, 5.74) is 1.63. The zero-order valence-corrected chi connectivity index (χ0v) is 17.0. The Labute approximate surface area is 173 Å².